The molecule has 2 aromatic carbocycles. The molecule has 4 nitrogen and oxygen atoms in total. The number of aryl methyl sites for hydroxylation is 1. The Balaban J connectivity index is 1.71. The van der Waals surface area contributed by atoms with Gasteiger partial charge in [0, 0.05) is 24.3 Å². The average Bonchev–Trinajstić information content (AvgIpc) is 2.56. The number of benzene rings is 2. The van der Waals surface area contributed by atoms with Crippen molar-refractivity contribution in [3.8, 4) is 0 Å². The second-order valence-corrected chi connectivity index (χ2v) is 6.77. The van der Waals surface area contributed by atoms with E-state index in [4.69, 9.17) is 5.73 Å². The summed E-state index contributed by atoms with van der Waals surface area (Å²) in [5, 5.41) is 2.93. The molecule has 1 amide bonds. The molecule has 0 unspecified atom stereocenters. The second kappa shape index (κ2) is 6.95. The topological polar surface area (TPSA) is 58.4 Å². The molecule has 1 aliphatic rings. The van der Waals surface area contributed by atoms with Gasteiger partial charge >= 0.3 is 0 Å². The Labute approximate surface area is 143 Å². The highest BCUT2D eigenvalue weighted by Gasteiger charge is 2.18. The lowest BCUT2D eigenvalue weighted by atomic mass is 9.98. The first-order valence-electron chi connectivity index (χ1n) is 8.55. The van der Waals surface area contributed by atoms with Crippen LogP contribution in [-0.2, 0) is 0 Å². The van der Waals surface area contributed by atoms with Crippen LogP contribution in [0.5, 0.6) is 0 Å². The summed E-state index contributed by atoms with van der Waals surface area (Å²) >= 11 is 0. The first-order chi connectivity index (χ1) is 11.5. The van der Waals surface area contributed by atoms with E-state index in [9.17, 15) is 4.79 Å². The van der Waals surface area contributed by atoms with Gasteiger partial charge in [-0.05, 0) is 56.0 Å². The minimum Gasteiger partial charge on any atom is -0.397 e. The predicted molar refractivity (Wildman–Crippen MR) is 101 cm³/mol. The van der Waals surface area contributed by atoms with Gasteiger partial charge in [-0.1, -0.05) is 24.6 Å². The Morgan fingerprint density at radius 1 is 1.17 bits per heavy atom. The third-order valence-corrected chi connectivity index (χ3v) is 4.69. The highest BCUT2D eigenvalue weighted by molar-refractivity contribution is 6.04. The van der Waals surface area contributed by atoms with E-state index >= 15 is 0 Å². The Kier molecular flexibility index (Phi) is 4.74. The number of anilines is 3. The molecule has 0 spiro atoms. The number of rotatable bonds is 3. The summed E-state index contributed by atoms with van der Waals surface area (Å²) < 4.78 is 0. The number of carbonyl (C=O) groups is 1. The lowest BCUT2D eigenvalue weighted by Gasteiger charge is -2.33. The summed E-state index contributed by atoms with van der Waals surface area (Å²) in [4.78, 5) is 14.7. The molecule has 0 radical (unpaired) electrons. The van der Waals surface area contributed by atoms with Crippen molar-refractivity contribution in [2.75, 3.05) is 29.0 Å². The van der Waals surface area contributed by atoms with E-state index in [1.165, 1.54) is 12.8 Å². The molecule has 0 saturated carbocycles. The van der Waals surface area contributed by atoms with E-state index in [-0.39, 0.29) is 5.91 Å². The van der Waals surface area contributed by atoms with Gasteiger partial charge in [0.25, 0.3) is 5.91 Å². The van der Waals surface area contributed by atoms with Crippen LogP contribution in [0, 0.1) is 12.8 Å². The van der Waals surface area contributed by atoms with E-state index in [1.54, 1.807) is 0 Å². The van der Waals surface area contributed by atoms with E-state index in [2.05, 4.69) is 17.1 Å². The van der Waals surface area contributed by atoms with Gasteiger partial charge in [0.05, 0.1) is 11.4 Å². The lowest BCUT2D eigenvalue weighted by molar-refractivity contribution is 0.102. The summed E-state index contributed by atoms with van der Waals surface area (Å²) in [6.07, 6.45) is 2.40. The van der Waals surface area contributed by atoms with Gasteiger partial charge in [0.1, 0.15) is 0 Å². The van der Waals surface area contributed by atoms with E-state index in [0.717, 1.165) is 35.9 Å². The Morgan fingerprint density at radius 2 is 1.92 bits per heavy atom. The maximum atomic E-state index is 12.3. The van der Waals surface area contributed by atoms with Crippen molar-refractivity contribution < 1.29 is 4.79 Å². The molecule has 1 saturated heterocycles. The summed E-state index contributed by atoms with van der Waals surface area (Å²) in [7, 11) is 0. The van der Waals surface area contributed by atoms with Crippen LogP contribution in [0.3, 0.4) is 0 Å². The number of nitrogen functional groups attached to an aromatic ring is 1. The van der Waals surface area contributed by atoms with Gasteiger partial charge in [-0.2, -0.15) is 0 Å². The second-order valence-electron chi connectivity index (χ2n) is 6.77. The van der Waals surface area contributed by atoms with Gasteiger partial charge in [0.15, 0.2) is 0 Å². The van der Waals surface area contributed by atoms with Gasteiger partial charge in [-0.3, -0.25) is 4.79 Å². The molecular formula is C20H25N3O. The minimum absolute atomic E-state index is 0.113. The smallest absolute Gasteiger partial charge is 0.255 e. The SMILES string of the molecule is Cc1cccc(C(=O)Nc2ccc(N3CCC(C)CC3)c(N)c2)c1. The van der Waals surface area contributed by atoms with E-state index in [0.29, 0.717) is 11.3 Å². The molecule has 1 heterocycles. The maximum Gasteiger partial charge on any atom is 0.255 e. The quantitative estimate of drug-likeness (QED) is 0.837. The zero-order chi connectivity index (χ0) is 17.1. The number of hydrogen-bond acceptors (Lipinski definition) is 3. The number of nitrogens with two attached hydrogens (primary N) is 1. The normalized spacial score (nSPS) is 15.3. The average molecular weight is 323 g/mol. The summed E-state index contributed by atoms with van der Waals surface area (Å²) in [5.41, 5.74) is 10.5. The number of hydrogen-bond donors (Lipinski definition) is 2. The van der Waals surface area contributed by atoms with Crippen LogP contribution in [0.4, 0.5) is 17.1 Å². The van der Waals surface area contributed by atoms with E-state index < -0.39 is 0 Å². The predicted octanol–water partition coefficient (Wildman–Crippen LogP) is 4.07. The van der Waals surface area contributed by atoms with Crippen molar-refractivity contribution in [3.63, 3.8) is 0 Å². The van der Waals surface area contributed by atoms with Crippen LogP contribution in [0.15, 0.2) is 42.5 Å². The van der Waals surface area contributed by atoms with Crippen LogP contribution in [0.1, 0.15) is 35.7 Å². The zero-order valence-corrected chi connectivity index (χ0v) is 14.4. The van der Waals surface area contributed by atoms with Crippen LogP contribution < -0.4 is 16.0 Å². The summed E-state index contributed by atoms with van der Waals surface area (Å²) in [6.45, 7) is 6.36. The Hall–Kier alpha value is -2.49. The first kappa shape index (κ1) is 16.4. The van der Waals surface area contributed by atoms with Crippen molar-refractivity contribution in [1.82, 2.24) is 0 Å². The number of nitrogens with one attached hydrogen (secondary N) is 1. The van der Waals surface area contributed by atoms with Gasteiger partial charge in [-0.15, -0.1) is 0 Å². The van der Waals surface area contributed by atoms with Crippen LogP contribution in [0.2, 0.25) is 0 Å². The molecule has 3 N–H and O–H groups in total. The molecule has 1 fully saturated rings. The zero-order valence-electron chi connectivity index (χ0n) is 14.4. The van der Waals surface area contributed by atoms with Crippen LogP contribution in [0.25, 0.3) is 0 Å². The molecule has 2 aromatic rings. The fourth-order valence-electron chi connectivity index (χ4n) is 3.16. The van der Waals surface area contributed by atoms with Gasteiger partial charge in [-0.25, -0.2) is 0 Å². The highest BCUT2D eigenvalue weighted by atomic mass is 16.1. The molecule has 0 aliphatic carbocycles. The molecule has 0 aromatic heterocycles. The summed E-state index contributed by atoms with van der Waals surface area (Å²) in [5.74, 6) is 0.674. The van der Waals surface area contributed by atoms with Gasteiger partial charge in [0.2, 0.25) is 0 Å². The molecule has 4 heteroatoms. The number of carbonyl (C=O) groups excluding carboxylic acids is 1. The molecule has 0 bridgehead atoms. The largest absolute Gasteiger partial charge is 0.397 e. The fraction of sp³-hybridized carbons (Fsp3) is 0.350. The van der Waals surface area contributed by atoms with E-state index in [1.807, 2.05) is 49.4 Å². The standard InChI is InChI=1S/C20H25N3O/c1-14-8-10-23(11-9-14)19-7-6-17(13-18(19)21)22-20(24)16-5-3-4-15(2)12-16/h3-7,12-14H,8-11,21H2,1-2H3,(H,22,24). The molecule has 3 rings (SSSR count). The molecule has 0 atom stereocenters. The van der Waals surface area contributed by atoms with Gasteiger partial charge < -0.3 is 16.0 Å². The monoisotopic (exact) mass is 323 g/mol. The van der Waals surface area contributed by atoms with Crippen LogP contribution >= 0.6 is 0 Å². The third-order valence-electron chi connectivity index (χ3n) is 4.69. The number of amides is 1. The first-order valence-corrected chi connectivity index (χ1v) is 8.55. The number of nitrogens with zero attached hydrogens (tertiary/aromatic N) is 1. The van der Waals surface area contributed by atoms with Crippen molar-refractivity contribution >= 4 is 23.0 Å². The lowest BCUT2D eigenvalue weighted by Crippen LogP contribution is -2.33. The molecule has 126 valence electrons. The number of piperidine rings is 1. The Morgan fingerprint density at radius 3 is 2.58 bits per heavy atom. The molecular weight excluding hydrogens is 298 g/mol. The summed E-state index contributed by atoms with van der Waals surface area (Å²) in [6, 6.07) is 13.3. The van der Waals surface area contributed by atoms with Crippen LogP contribution in [-0.4, -0.2) is 19.0 Å². The molecule has 24 heavy (non-hydrogen) atoms. The van der Waals surface area contributed by atoms with Crippen molar-refractivity contribution in [1.29, 1.82) is 0 Å². The third kappa shape index (κ3) is 3.70. The fourth-order valence-corrected chi connectivity index (χ4v) is 3.16. The van der Waals surface area contributed by atoms with Crippen molar-refractivity contribution in [3.05, 3.63) is 53.6 Å². The highest BCUT2D eigenvalue weighted by Crippen LogP contribution is 2.30. The van der Waals surface area contributed by atoms with Crippen molar-refractivity contribution in [2.45, 2.75) is 26.7 Å². The maximum absolute atomic E-state index is 12.3. The van der Waals surface area contributed by atoms with Crippen molar-refractivity contribution in [2.24, 2.45) is 5.92 Å². The Bertz CT molecular complexity index is 733. The minimum atomic E-state index is -0.113. The molecule has 1 aliphatic heterocycles.